The predicted molar refractivity (Wildman–Crippen MR) is 44.8 cm³/mol. The van der Waals surface area contributed by atoms with Crippen LogP contribution in [0.4, 0.5) is 5.82 Å². The van der Waals surface area contributed by atoms with Crippen LogP contribution in [0.3, 0.4) is 0 Å². The zero-order valence-electron chi connectivity index (χ0n) is 5.87. The van der Waals surface area contributed by atoms with E-state index < -0.39 is 0 Å². The Morgan fingerprint density at radius 3 is 3.18 bits per heavy atom. The second-order valence-corrected chi connectivity index (χ2v) is 3.27. The molecular weight excluding hydrogens is 160 g/mol. The van der Waals surface area contributed by atoms with Crippen molar-refractivity contribution in [1.82, 2.24) is 9.97 Å². The van der Waals surface area contributed by atoms with Crippen LogP contribution in [0.1, 0.15) is 11.3 Å². The number of anilines is 1. The Morgan fingerprint density at radius 2 is 2.36 bits per heavy atom. The first-order valence-electron chi connectivity index (χ1n) is 3.29. The summed E-state index contributed by atoms with van der Waals surface area (Å²) in [5.41, 5.74) is 4.82. The fourth-order valence-electron chi connectivity index (χ4n) is 1.10. The monoisotopic (exact) mass is 168 g/mol. The van der Waals surface area contributed by atoms with E-state index in [4.69, 9.17) is 5.84 Å². The van der Waals surface area contributed by atoms with Gasteiger partial charge in [-0.15, -0.1) is 0 Å². The Morgan fingerprint density at radius 1 is 1.45 bits per heavy atom. The zero-order valence-corrected chi connectivity index (χ0v) is 6.69. The Labute approximate surface area is 68.6 Å². The number of nitrogens with one attached hydrogen (secondary N) is 1. The van der Waals surface area contributed by atoms with Crippen molar-refractivity contribution in [3.05, 3.63) is 17.6 Å². The first kappa shape index (κ1) is 6.87. The first-order valence-corrected chi connectivity index (χ1v) is 4.44. The minimum absolute atomic E-state index is 0.764. The molecule has 0 radical (unpaired) electrons. The highest BCUT2D eigenvalue weighted by atomic mass is 32.2. The molecule has 0 saturated heterocycles. The topological polar surface area (TPSA) is 63.8 Å². The summed E-state index contributed by atoms with van der Waals surface area (Å²) in [7, 11) is 0. The van der Waals surface area contributed by atoms with E-state index in [0.717, 1.165) is 28.6 Å². The third-order valence-corrected chi connectivity index (χ3v) is 2.63. The first-order chi connectivity index (χ1) is 5.42. The van der Waals surface area contributed by atoms with E-state index in [0.29, 0.717) is 0 Å². The molecule has 0 bridgehead atoms. The van der Waals surface area contributed by atoms with Crippen molar-refractivity contribution in [3.63, 3.8) is 0 Å². The summed E-state index contributed by atoms with van der Waals surface area (Å²) in [6.07, 6.45) is 1.54. The molecule has 0 amide bonds. The van der Waals surface area contributed by atoms with Crippen LogP contribution in [0.25, 0.3) is 0 Å². The average molecular weight is 168 g/mol. The summed E-state index contributed by atoms with van der Waals surface area (Å²) in [6, 6.07) is 0. The van der Waals surface area contributed by atoms with Gasteiger partial charge >= 0.3 is 0 Å². The minimum Gasteiger partial charge on any atom is -0.308 e. The van der Waals surface area contributed by atoms with Gasteiger partial charge in [-0.2, -0.15) is 11.8 Å². The standard InChI is InChI=1S/C6H8N4S/c7-10-6-4-1-11-2-5(4)8-3-9-6/h3H,1-2,7H2,(H,8,9,10). The molecule has 0 unspecified atom stereocenters. The number of hydrogen-bond donors (Lipinski definition) is 2. The number of hydrazine groups is 1. The van der Waals surface area contributed by atoms with Crippen LogP contribution in [0.15, 0.2) is 6.33 Å². The number of nitrogens with zero attached hydrogens (tertiary/aromatic N) is 2. The lowest BCUT2D eigenvalue weighted by atomic mass is 10.2. The Hall–Kier alpha value is -0.810. The van der Waals surface area contributed by atoms with E-state index in [1.807, 2.05) is 11.8 Å². The maximum atomic E-state index is 5.27. The van der Waals surface area contributed by atoms with Crippen molar-refractivity contribution in [2.45, 2.75) is 11.5 Å². The lowest BCUT2D eigenvalue weighted by Gasteiger charge is -2.02. The highest BCUT2D eigenvalue weighted by Gasteiger charge is 2.16. The van der Waals surface area contributed by atoms with Crippen LogP contribution >= 0.6 is 11.8 Å². The van der Waals surface area contributed by atoms with Gasteiger partial charge in [-0.25, -0.2) is 15.8 Å². The number of rotatable bonds is 1. The predicted octanol–water partition coefficient (Wildman–Crippen LogP) is 0.509. The number of fused-ring (bicyclic) bond motifs is 1. The van der Waals surface area contributed by atoms with Gasteiger partial charge in [0, 0.05) is 17.1 Å². The van der Waals surface area contributed by atoms with Gasteiger partial charge in [0.15, 0.2) is 0 Å². The van der Waals surface area contributed by atoms with Crippen LogP contribution in [0.2, 0.25) is 0 Å². The van der Waals surface area contributed by atoms with Gasteiger partial charge in [-0.3, -0.25) is 0 Å². The van der Waals surface area contributed by atoms with Crippen molar-refractivity contribution in [3.8, 4) is 0 Å². The molecule has 0 aromatic carbocycles. The summed E-state index contributed by atoms with van der Waals surface area (Å²) in [5.74, 6) is 7.98. The number of nitrogen functional groups attached to an aromatic ring is 1. The molecule has 5 heteroatoms. The molecule has 1 aliphatic rings. The second-order valence-electron chi connectivity index (χ2n) is 2.28. The second kappa shape index (κ2) is 2.67. The Balaban J connectivity index is 2.50. The van der Waals surface area contributed by atoms with Gasteiger partial charge in [-0.1, -0.05) is 0 Å². The molecule has 11 heavy (non-hydrogen) atoms. The van der Waals surface area contributed by atoms with Crippen LogP contribution in [0.5, 0.6) is 0 Å². The number of thioether (sulfide) groups is 1. The van der Waals surface area contributed by atoms with E-state index in [-0.39, 0.29) is 0 Å². The summed E-state index contributed by atoms with van der Waals surface area (Å²) in [4.78, 5) is 8.15. The van der Waals surface area contributed by atoms with Gasteiger partial charge in [-0.05, 0) is 0 Å². The Bertz CT molecular complexity index is 275. The number of nitrogens with two attached hydrogens (primary N) is 1. The number of aromatic nitrogens is 2. The van der Waals surface area contributed by atoms with Crippen LogP contribution in [0, 0.1) is 0 Å². The van der Waals surface area contributed by atoms with E-state index >= 15 is 0 Å². The smallest absolute Gasteiger partial charge is 0.147 e. The molecule has 0 atom stereocenters. The third-order valence-electron chi connectivity index (χ3n) is 1.66. The fourth-order valence-corrected chi connectivity index (χ4v) is 2.15. The summed E-state index contributed by atoms with van der Waals surface area (Å²) in [6.45, 7) is 0. The maximum Gasteiger partial charge on any atom is 0.147 e. The molecule has 1 aromatic rings. The average Bonchev–Trinajstić information content (AvgIpc) is 2.50. The molecule has 1 aliphatic heterocycles. The SMILES string of the molecule is NNc1ncnc2c1CSC2. The lowest BCUT2D eigenvalue weighted by Crippen LogP contribution is -2.11. The van der Waals surface area contributed by atoms with E-state index in [2.05, 4.69) is 15.4 Å². The van der Waals surface area contributed by atoms with Gasteiger partial charge in [0.05, 0.1) is 5.69 Å². The summed E-state index contributed by atoms with van der Waals surface area (Å²) >= 11 is 1.83. The molecule has 0 saturated carbocycles. The van der Waals surface area contributed by atoms with Crippen LogP contribution in [-0.4, -0.2) is 9.97 Å². The van der Waals surface area contributed by atoms with Crippen molar-refractivity contribution in [2.75, 3.05) is 5.43 Å². The van der Waals surface area contributed by atoms with Crippen LogP contribution < -0.4 is 11.3 Å². The molecular formula is C6H8N4S. The van der Waals surface area contributed by atoms with Crippen LogP contribution in [-0.2, 0) is 11.5 Å². The maximum absolute atomic E-state index is 5.27. The van der Waals surface area contributed by atoms with Crippen molar-refractivity contribution < 1.29 is 0 Å². The molecule has 4 nitrogen and oxygen atoms in total. The van der Waals surface area contributed by atoms with E-state index in [1.165, 1.54) is 0 Å². The number of hydrogen-bond acceptors (Lipinski definition) is 5. The van der Waals surface area contributed by atoms with Crippen molar-refractivity contribution in [2.24, 2.45) is 5.84 Å². The molecule has 2 heterocycles. The molecule has 2 rings (SSSR count). The molecule has 0 fully saturated rings. The fraction of sp³-hybridized carbons (Fsp3) is 0.333. The summed E-state index contributed by atoms with van der Waals surface area (Å²) in [5, 5.41) is 0. The highest BCUT2D eigenvalue weighted by Crippen LogP contribution is 2.31. The third kappa shape index (κ3) is 1.06. The Kier molecular flexibility index (Phi) is 1.67. The van der Waals surface area contributed by atoms with Crippen molar-refractivity contribution >= 4 is 17.6 Å². The lowest BCUT2D eigenvalue weighted by molar-refractivity contribution is 1.05. The molecule has 1 aromatic heterocycles. The van der Waals surface area contributed by atoms with Crippen molar-refractivity contribution in [1.29, 1.82) is 0 Å². The van der Waals surface area contributed by atoms with E-state index in [1.54, 1.807) is 6.33 Å². The molecule has 0 aliphatic carbocycles. The quantitative estimate of drug-likeness (QED) is 0.472. The largest absolute Gasteiger partial charge is 0.308 e. The van der Waals surface area contributed by atoms with E-state index in [9.17, 15) is 0 Å². The summed E-state index contributed by atoms with van der Waals surface area (Å²) < 4.78 is 0. The normalized spacial score (nSPS) is 14.6. The molecule has 3 N–H and O–H groups in total. The van der Waals surface area contributed by atoms with Gasteiger partial charge in [0.1, 0.15) is 12.1 Å². The molecule has 58 valence electrons. The highest BCUT2D eigenvalue weighted by molar-refractivity contribution is 7.98. The zero-order chi connectivity index (χ0) is 7.68. The minimum atomic E-state index is 0.764. The molecule has 0 spiro atoms. The van der Waals surface area contributed by atoms with Gasteiger partial charge in [0.25, 0.3) is 0 Å². The van der Waals surface area contributed by atoms with Gasteiger partial charge < -0.3 is 5.43 Å². The van der Waals surface area contributed by atoms with Gasteiger partial charge in [0.2, 0.25) is 0 Å².